The molecule has 0 aliphatic heterocycles. The van der Waals surface area contributed by atoms with E-state index in [-0.39, 0.29) is 13.2 Å². The Kier molecular flexibility index (Phi) is 6.51. The van der Waals surface area contributed by atoms with E-state index in [1.807, 2.05) is 5.43 Å². The van der Waals surface area contributed by atoms with Gasteiger partial charge in [-0.3, -0.25) is 15.0 Å². The molecule has 0 aromatic heterocycles. The molecule has 0 bridgehead atoms. The van der Waals surface area contributed by atoms with E-state index in [1.165, 1.54) is 0 Å². The van der Waals surface area contributed by atoms with Crippen LogP contribution in [0.1, 0.15) is 17.3 Å². The highest BCUT2D eigenvalue weighted by molar-refractivity contribution is 9.10. The Labute approximate surface area is 124 Å². The number of rotatable bonds is 4. The Morgan fingerprint density at radius 2 is 1.90 bits per heavy atom. The van der Waals surface area contributed by atoms with Crippen molar-refractivity contribution in [3.05, 3.63) is 34.3 Å². The van der Waals surface area contributed by atoms with Crippen LogP contribution in [0.15, 0.2) is 28.7 Å². The number of halogens is 1. The molecule has 3 amide bonds. The van der Waals surface area contributed by atoms with Crippen molar-refractivity contribution < 1.29 is 19.1 Å². The first kappa shape index (κ1) is 16.0. The van der Waals surface area contributed by atoms with E-state index in [2.05, 4.69) is 31.4 Å². The van der Waals surface area contributed by atoms with E-state index in [4.69, 9.17) is 0 Å². The van der Waals surface area contributed by atoms with Crippen molar-refractivity contribution in [2.24, 2.45) is 0 Å². The van der Waals surface area contributed by atoms with Crippen molar-refractivity contribution in [3.8, 4) is 0 Å². The molecular formula is C12H14BrN3O4. The van der Waals surface area contributed by atoms with Gasteiger partial charge in [0, 0.05) is 4.47 Å². The van der Waals surface area contributed by atoms with Gasteiger partial charge < -0.3 is 10.1 Å². The third kappa shape index (κ3) is 5.27. The molecular weight excluding hydrogens is 330 g/mol. The number of hydrazine groups is 1. The molecule has 0 heterocycles. The molecule has 20 heavy (non-hydrogen) atoms. The van der Waals surface area contributed by atoms with Gasteiger partial charge >= 0.3 is 6.09 Å². The molecule has 0 fully saturated rings. The van der Waals surface area contributed by atoms with Crippen LogP contribution in [0.25, 0.3) is 0 Å². The number of carbonyl (C=O) groups excluding carboxylic acids is 3. The summed E-state index contributed by atoms with van der Waals surface area (Å²) < 4.78 is 5.17. The summed E-state index contributed by atoms with van der Waals surface area (Å²) in [6.07, 6.45) is -0.766. The molecule has 0 saturated heterocycles. The molecule has 1 aromatic rings. The molecule has 7 nitrogen and oxygen atoms in total. The molecule has 0 unspecified atom stereocenters. The Hall–Kier alpha value is -2.09. The highest BCUT2D eigenvalue weighted by Gasteiger charge is 2.11. The predicted octanol–water partition coefficient (Wildman–Crippen LogP) is 0.956. The summed E-state index contributed by atoms with van der Waals surface area (Å²) in [6, 6.07) is 6.82. The number of nitrogens with one attached hydrogen (secondary N) is 3. The second kappa shape index (κ2) is 8.16. The van der Waals surface area contributed by atoms with Gasteiger partial charge in [-0.1, -0.05) is 12.1 Å². The Balaban J connectivity index is 2.36. The zero-order valence-corrected chi connectivity index (χ0v) is 12.3. The van der Waals surface area contributed by atoms with Crippen molar-refractivity contribution in [1.29, 1.82) is 0 Å². The van der Waals surface area contributed by atoms with E-state index in [9.17, 15) is 14.4 Å². The van der Waals surface area contributed by atoms with Gasteiger partial charge in [-0.15, -0.1) is 0 Å². The second-order valence-corrected chi connectivity index (χ2v) is 4.41. The van der Waals surface area contributed by atoms with Gasteiger partial charge in [0.25, 0.3) is 11.8 Å². The number of hydrogen-bond donors (Lipinski definition) is 3. The minimum Gasteiger partial charge on any atom is -0.449 e. The van der Waals surface area contributed by atoms with Gasteiger partial charge in [-0.2, -0.15) is 0 Å². The summed E-state index contributed by atoms with van der Waals surface area (Å²) in [5.74, 6) is -0.970. The van der Waals surface area contributed by atoms with Gasteiger partial charge in [0.2, 0.25) is 0 Å². The molecule has 0 spiro atoms. The molecule has 0 aliphatic carbocycles. The third-order valence-corrected chi connectivity index (χ3v) is 2.80. The van der Waals surface area contributed by atoms with E-state index in [0.717, 1.165) is 0 Å². The van der Waals surface area contributed by atoms with Gasteiger partial charge in [-0.25, -0.2) is 10.2 Å². The first-order chi connectivity index (χ1) is 9.54. The van der Waals surface area contributed by atoms with Crippen molar-refractivity contribution in [2.45, 2.75) is 6.92 Å². The normalized spacial score (nSPS) is 9.50. The molecule has 1 rings (SSSR count). The zero-order chi connectivity index (χ0) is 15.0. The lowest BCUT2D eigenvalue weighted by Gasteiger charge is -2.08. The zero-order valence-electron chi connectivity index (χ0n) is 10.7. The highest BCUT2D eigenvalue weighted by atomic mass is 79.9. The third-order valence-electron chi connectivity index (χ3n) is 2.11. The first-order valence-corrected chi connectivity index (χ1v) is 6.58. The lowest BCUT2D eigenvalue weighted by atomic mass is 10.2. The van der Waals surface area contributed by atoms with Gasteiger partial charge in [-0.05, 0) is 35.0 Å². The molecule has 3 N–H and O–H groups in total. The maximum Gasteiger partial charge on any atom is 0.426 e. The Morgan fingerprint density at radius 3 is 2.55 bits per heavy atom. The van der Waals surface area contributed by atoms with E-state index < -0.39 is 17.9 Å². The minimum atomic E-state index is -0.766. The first-order valence-electron chi connectivity index (χ1n) is 5.79. The van der Waals surface area contributed by atoms with Crippen LogP contribution in [0.2, 0.25) is 0 Å². The van der Waals surface area contributed by atoms with Crippen LogP contribution in [-0.2, 0) is 9.53 Å². The molecule has 8 heteroatoms. The van der Waals surface area contributed by atoms with Crippen LogP contribution in [0.5, 0.6) is 0 Å². The summed E-state index contributed by atoms with van der Waals surface area (Å²) in [5, 5.41) is 2.42. The van der Waals surface area contributed by atoms with Crippen LogP contribution >= 0.6 is 15.9 Å². The van der Waals surface area contributed by atoms with E-state index >= 15 is 0 Å². The predicted molar refractivity (Wildman–Crippen MR) is 74.8 cm³/mol. The monoisotopic (exact) mass is 343 g/mol. The van der Waals surface area contributed by atoms with Gasteiger partial charge in [0.05, 0.1) is 18.7 Å². The van der Waals surface area contributed by atoms with Crippen molar-refractivity contribution in [3.63, 3.8) is 0 Å². The second-order valence-electron chi connectivity index (χ2n) is 3.56. The fourth-order valence-electron chi connectivity index (χ4n) is 1.23. The van der Waals surface area contributed by atoms with Gasteiger partial charge in [0.15, 0.2) is 0 Å². The molecule has 0 radical (unpaired) electrons. The topological polar surface area (TPSA) is 96.5 Å². The van der Waals surface area contributed by atoms with Crippen LogP contribution in [-0.4, -0.2) is 31.1 Å². The number of hydrogen-bond acceptors (Lipinski definition) is 4. The van der Waals surface area contributed by atoms with Crippen molar-refractivity contribution >= 4 is 33.8 Å². The summed E-state index contributed by atoms with van der Waals surface area (Å²) in [7, 11) is 0. The van der Waals surface area contributed by atoms with Crippen molar-refractivity contribution in [2.75, 3.05) is 13.2 Å². The fraction of sp³-hybridized carbons (Fsp3) is 0.250. The van der Waals surface area contributed by atoms with Crippen LogP contribution in [0.4, 0.5) is 4.79 Å². The molecule has 108 valence electrons. The molecule has 0 saturated carbocycles. The lowest BCUT2D eigenvalue weighted by molar-refractivity contribution is -0.121. The molecule has 0 aliphatic rings. The smallest absolute Gasteiger partial charge is 0.426 e. The standard InChI is InChI=1S/C12H14BrN3O4/c1-2-20-12(19)16-15-10(17)7-14-11(18)8-5-3-4-6-9(8)13/h3-6H,2,7H2,1H3,(H,14,18)(H,15,17)(H,16,19). The number of ether oxygens (including phenoxy) is 1. The SMILES string of the molecule is CCOC(=O)NNC(=O)CNC(=O)c1ccccc1Br. The molecule has 0 atom stereocenters. The minimum absolute atomic E-state index is 0.195. The quantitative estimate of drug-likeness (QED) is 0.709. The summed E-state index contributed by atoms with van der Waals surface area (Å²) >= 11 is 3.24. The fourth-order valence-corrected chi connectivity index (χ4v) is 1.70. The Morgan fingerprint density at radius 1 is 1.20 bits per heavy atom. The number of carbonyl (C=O) groups is 3. The number of benzene rings is 1. The average Bonchev–Trinajstić information content (AvgIpc) is 2.43. The van der Waals surface area contributed by atoms with Crippen LogP contribution in [0, 0.1) is 0 Å². The maximum absolute atomic E-state index is 11.8. The highest BCUT2D eigenvalue weighted by Crippen LogP contribution is 2.15. The average molecular weight is 344 g/mol. The van der Waals surface area contributed by atoms with Crippen LogP contribution in [0.3, 0.4) is 0 Å². The Bertz CT molecular complexity index is 507. The molecule has 1 aromatic carbocycles. The van der Waals surface area contributed by atoms with Crippen molar-refractivity contribution in [1.82, 2.24) is 16.2 Å². The van der Waals surface area contributed by atoms with Crippen LogP contribution < -0.4 is 16.2 Å². The number of amides is 3. The van der Waals surface area contributed by atoms with E-state index in [1.54, 1.807) is 31.2 Å². The summed E-state index contributed by atoms with van der Waals surface area (Å²) in [5.41, 5.74) is 4.55. The lowest BCUT2D eigenvalue weighted by Crippen LogP contribution is -2.46. The maximum atomic E-state index is 11.8. The summed E-state index contributed by atoms with van der Waals surface area (Å²) in [4.78, 5) is 34.1. The largest absolute Gasteiger partial charge is 0.449 e. The van der Waals surface area contributed by atoms with E-state index in [0.29, 0.717) is 10.0 Å². The van der Waals surface area contributed by atoms with Gasteiger partial charge in [0.1, 0.15) is 0 Å². The summed E-state index contributed by atoms with van der Waals surface area (Å²) in [6.45, 7) is 1.56.